The molecule has 0 heterocycles. The SMILES string of the molecule is CCC(Sc1cccc(NC(=O)/C(=C\c2ccc(Cl)cc2Cl)NC(=O)c2ccccc2)c1)C(=O)Nc1ccc(Cl)cc1C(F)(F)F. The Kier molecular flexibility index (Phi) is 11.8. The molecule has 0 radical (unpaired) electrons. The number of carbonyl (C=O) groups is 3. The van der Waals surface area contributed by atoms with Crippen molar-refractivity contribution < 1.29 is 27.6 Å². The number of hydrogen-bond acceptors (Lipinski definition) is 4. The summed E-state index contributed by atoms with van der Waals surface area (Å²) in [7, 11) is 0. The van der Waals surface area contributed by atoms with E-state index in [1.54, 1.807) is 73.7 Å². The molecule has 3 amide bonds. The lowest BCUT2D eigenvalue weighted by Gasteiger charge is -2.18. The second-order valence-corrected chi connectivity index (χ2v) is 12.3. The minimum absolute atomic E-state index is 0.106. The molecule has 1 atom stereocenters. The summed E-state index contributed by atoms with van der Waals surface area (Å²) in [5.41, 5.74) is -0.470. The van der Waals surface area contributed by atoms with Crippen LogP contribution in [0, 0.1) is 0 Å². The van der Waals surface area contributed by atoms with Gasteiger partial charge in [-0.05, 0) is 78.7 Å². The molecule has 4 aromatic carbocycles. The molecule has 0 aliphatic heterocycles. The van der Waals surface area contributed by atoms with Gasteiger partial charge in [-0.3, -0.25) is 14.4 Å². The van der Waals surface area contributed by atoms with Crippen molar-refractivity contribution in [2.24, 2.45) is 0 Å². The third-order valence-electron chi connectivity index (χ3n) is 6.37. The number of hydrogen-bond donors (Lipinski definition) is 3. The molecule has 13 heteroatoms. The zero-order chi connectivity index (χ0) is 33.4. The van der Waals surface area contributed by atoms with Crippen LogP contribution in [-0.2, 0) is 15.8 Å². The highest BCUT2D eigenvalue weighted by Crippen LogP contribution is 2.37. The van der Waals surface area contributed by atoms with E-state index in [1.807, 2.05) is 0 Å². The van der Waals surface area contributed by atoms with Gasteiger partial charge in [-0.15, -0.1) is 11.8 Å². The van der Waals surface area contributed by atoms with Gasteiger partial charge in [-0.25, -0.2) is 0 Å². The minimum Gasteiger partial charge on any atom is -0.325 e. The van der Waals surface area contributed by atoms with Gasteiger partial charge in [0.05, 0.1) is 16.5 Å². The van der Waals surface area contributed by atoms with Gasteiger partial charge >= 0.3 is 6.18 Å². The number of nitrogens with one attached hydrogen (secondary N) is 3. The molecule has 0 saturated carbocycles. The van der Waals surface area contributed by atoms with Crippen LogP contribution in [0.4, 0.5) is 24.5 Å². The number of alkyl halides is 3. The zero-order valence-electron chi connectivity index (χ0n) is 23.9. The van der Waals surface area contributed by atoms with Crippen molar-refractivity contribution >= 4 is 81.7 Å². The Morgan fingerprint density at radius 2 is 1.54 bits per heavy atom. The van der Waals surface area contributed by atoms with Crippen LogP contribution in [-0.4, -0.2) is 23.0 Å². The summed E-state index contributed by atoms with van der Waals surface area (Å²) in [6, 6.07) is 22.7. The van der Waals surface area contributed by atoms with Crippen LogP contribution in [0.15, 0.2) is 102 Å². The van der Waals surface area contributed by atoms with Crippen molar-refractivity contribution in [1.82, 2.24) is 5.32 Å². The quantitative estimate of drug-likeness (QED) is 0.113. The largest absolute Gasteiger partial charge is 0.418 e. The molecular weight excluding hydrogens is 682 g/mol. The van der Waals surface area contributed by atoms with Crippen molar-refractivity contribution in [3.8, 4) is 0 Å². The summed E-state index contributed by atoms with van der Waals surface area (Å²) in [5.74, 6) is -1.82. The first kappa shape index (κ1) is 34.9. The van der Waals surface area contributed by atoms with Crippen LogP contribution in [0.25, 0.3) is 6.08 Å². The van der Waals surface area contributed by atoms with Crippen molar-refractivity contribution in [3.05, 3.63) is 128 Å². The summed E-state index contributed by atoms with van der Waals surface area (Å²) in [6.07, 6.45) is -3.01. The van der Waals surface area contributed by atoms with Gasteiger partial charge in [0, 0.05) is 31.2 Å². The van der Waals surface area contributed by atoms with Gasteiger partial charge in [0.15, 0.2) is 0 Å². The van der Waals surface area contributed by atoms with E-state index in [1.165, 1.54) is 18.2 Å². The summed E-state index contributed by atoms with van der Waals surface area (Å²) >= 11 is 19.2. The Balaban J connectivity index is 1.53. The van der Waals surface area contributed by atoms with Gasteiger partial charge in [-0.2, -0.15) is 13.2 Å². The number of carbonyl (C=O) groups excluding carboxylic acids is 3. The maximum atomic E-state index is 13.5. The maximum Gasteiger partial charge on any atom is 0.418 e. The Hall–Kier alpha value is -3.96. The monoisotopic (exact) mass is 705 g/mol. The van der Waals surface area contributed by atoms with Gasteiger partial charge in [0.2, 0.25) is 5.91 Å². The fourth-order valence-electron chi connectivity index (χ4n) is 4.12. The Morgan fingerprint density at radius 3 is 2.22 bits per heavy atom. The topological polar surface area (TPSA) is 87.3 Å². The van der Waals surface area contributed by atoms with Gasteiger partial charge in [0.1, 0.15) is 5.70 Å². The fraction of sp³-hybridized carbons (Fsp3) is 0.121. The number of anilines is 2. The fourth-order valence-corrected chi connectivity index (χ4v) is 5.77. The Bertz CT molecular complexity index is 1790. The first-order valence-electron chi connectivity index (χ1n) is 13.6. The second kappa shape index (κ2) is 15.6. The van der Waals surface area contributed by atoms with E-state index in [-0.39, 0.29) is 15.7 Å². The van der Waals surface area contributed by atoms with Crippen LogP contribution < -0.4 is 16.0 Å². The molecule has 4 rings (SSSR count). The standard InChI is InChI=1S/C33H25Cl3F3N3O3S/c1-2-29(32(45)41-27-14-13-21(34)16-25(27)33(37,38)39)46-24-10-6-9-23(18-24)40-31(44)28(15-20-11-12-22(35)17-26(20)36)42-30(43)19-7-4-3-5-8-19/h3-18,29H,2H2,1H3,(H,40,44)(H,41,45)(H,42,43)/b28-15+. The highest BCUT2D eigenvalue weighted by Gasteiger charge is 2.34. The van der Waals surface area contributed by atoms with E-state index >= 15 is 0 Å². The molecule has 0 aromatic heterocycles. The number of halogens is 6. The van der Waals surface area contributed by atoms with E-state index in [0.717, 1.165) is 23.9 Å². The molecule has 0 spiro atoms. The van der Waals surface area contributed by atoms with Crippen LogP contribution in [0.1, 0.15) is 34.8 Å². The van der Waals surface area contributed by atoms with Crippen LogP contribution >= 0.6 is 46.6 Å². The number of rotatable bonds is 10. The molecule has 0 bridgehead atoms. The van der Waals surface area contributed by atoms with E-state index in [4.69, 9.17) is 34.8 Å². The van der Waals surface area contributed by atoms with Crippen molar-refractivity contribution in [3.63, 3.8) is 0 Å². The molecule has 0 aliphatic rings. The average molecular weight is 707 g/mol. The smallest absolute Gasteiger partial charge is 0.325 e. The van der Waals surface area contributed by atoms with Crippen molar-refractivity contribution in [2.75, 3.05) is 10.6 Å². The molecular formula is C33H25Cl3F3N3O3S. The van der Waals surface area contributed by atoms with Crippen molar-refractivity contribution in [1.29, 1.82) is 0 Å². The highest BCUT2D eigenvalue weighted by molar-refractivity contribution is 8.00. The van der Waals surface area contributed by atoms with Crippen LogP contribution in [0.3, 0.4) is 0 Å². The van der Waals surface area contributed by atoms with Gasteiger partial charge < -0.3 is 16.0 Å². The third-order valence-corrected chi connectivity index (χ3v) is 8.53. The van der Waals surface area contributed by atoms with Gasteiger partial charge in [-0.1, -0.05) is 72.1 Å². The minimum atomic E-state index is -4.72. The molecule has 3 N–H and O–H groups in total. The van der Waals surface area contributed by atoms with E-state index in [0.29, 0.717) is 33.2 Å². The van der Waals surface area contributed by atoms with E-state index in [2.05, 4.69) is 16.0 Å². The summed E-state index contributed by atoms with van der Waals surface area (Å²) in [5, 5.41) is 7.50. The zero-order valence-corrected chi connectivity index (χ0v) is 27.0. The molecule has 4 aromatic rings. The molecule has 1 unspecified atom stereocenters. The number of thioether (sulfide) groups is 1. The first-order valence-corrected chi connectivity index (χ1v) is 15.6. The lowest BCUT2D eigenvalue weighted by Crippen LogP contribution is -2.30. The molecule has 0 fully saturated rings. The predicted molar refractivity (Wildman–Crippen MR) is 178 cm³/mol. The Morgan fingerprint density at radius 1 is 0.848 bits per heavy atom. The third kappa shape index (κ3) is 9.53. The first-order chi connectivity index (χ1) is 21.8. The molecule has 0 saturated heterocycles. The van der Waals surface area contributed by atoms with E-state index < -0.39 is 40.4 Å². The summed E-state index contributed by atoms with van der Waals surface area (Å²) in [4.78, 5) is 40.0. The predicted octanol–water partition coefficient (Wildman–Crippen LogP) is 9.58. The van der Waals surface area contributed by atoms with Crippen LogP contribution in [0.5, 0.6) is 0 Å². The summed E-state index contributed by atoms with van der Waals surface area (Å²) < 4.78 is 40.6. The lowest BCUT2D eigenvalue weighted by molar-refractivity contribution is -0.137. The number of amides is 3. The van der Waals surface area contributed by atoms with Crippen LogP contribution in [0.2, 0.25) is 15.1 Å². The second-order valence-electron chi connectivity index (χ2n) is 9.72. The molecule has 238 valence electrons. The Labute approximate surface area is 282 Å². The lowest BCUT2D eigenvalue weighted by atomic mass is 10.1. The van der Waals surface area contributed by atoms with Crippen molar-refractivity contribution in [2.45, 2.75) is 29.7 Å². The average Bonchev–Trinajstić information content (AvgIpc) is 3.01. The molecule has 0 aliphatic carbocycles. The normalized spacial score (nSPS) is 12.3. The maximum absolute atomic E-state index is 13.5. The van der Waals surface area contributed by atoms with E-state index in [9.17, 15) is 27.6 Å². The highest BCUT2D eigenvalue weighted by atomic mass is 35.5. The number of benzene rings is 4. The van der Waals surface area contributed by atoms with Gasteiger partial charge in [0.25, 0.3) is 11.8 Å². The molecule has 6 nitrogen and oxygen atoms in total. The molecule has 46 heavy (non-hydrogen) atoms. The summed E-state index contributed by atoms with van der Waals surface area (Å²) in [6.45, 7) is 1.73.